The van der Waals surface area contributed by atoms with Crippen LogP contribution in [0.15, 0.2) is 53.6 Å². The zero-order chi connectivity index (χ0) is 20.8. The largest absolute Gasteiger partial charge is 0.381 e. The SMILES string of the molecule is O=c1[nH]c2c(-c3ccccc3)nc(-n3cnc4ccc#cc43)nc2n1C1CCOCC1. The molecule has 0 aliphatic carbocycles. The maximum Gasteiger partial charge on any atom is 0.327 e. The fourth-order valence-electron chi connectivity index (χ4n) is 4.18. The monoisotopic (exact) mass is 410 g/mol. The van der Waals surface area contributed by atoms with Crippen LogP contribution in [0.25, 0.3) is 39.4 Å². The Bertz CT molecular complexity index is 1440. The zero-order valence-corrected chi connectivity index (χ0v) is 16.6. The van der Waals surface area contributed by atoms with E-state index >= 15 is 0 Å². The van der Waals surface area contributed by atoms with Crippen LogP contribution in [0.2, 0.25) is 0 Å². The summed E-state index contributed by atoms with van der Waals surface area (Å²) in [6.07, 6.45) is 3.21. The highest BCUT2D eigenvalue weighted by Crippen LogP contribution is 2.29. The Morgan fingerprint density at radius 3 is 2.77 bits per heavy atom. The van der Waals surface area contributed by atoms with E-state index in [2.05, 4.69) is 22.1 Å². The van der Waals surface area contributed by atoms with Gasteiger partial charge in [0.05, 0.1) is 5.52 Å². The van der Waals surface area contributed by atoms with E-state index in [0.29, 0.717) is 36.0 Å². The van der Waals surface area contributed by atoms with Crippen molar-refractivity contribution < 1.29 is 4.74 Å². The highest BCUT2D eigenvalue weighted by molar-refractivity contribution is 5.88. The van der Waals surface area contributed by atoms with E-state index < -0.39 is 0 Å². The Labute approximate surface area is 177 Å². The number of benzene rings is 1. The van der Waals surface area contributed by atoms with Gasteiger partial charge in [-0.2, -0.15) is 4.98 Å². The van der Waals surface area contributed by atoms with Crippen LogP contribution in [0, 0.1) is 12.1 Å². The average molecular weight is 410 g/mol. The van der Waals surface area contributed by atoms with Crippen molar-refractivity contribution in [3.63, 3.8) is 0 Å². The fraction of sp³-hybridized carbons (Fsp3) is 0.217. The lowest BCUT2D eigenvalue weighted by Gasteiger charge is -2.23. The van der Waals surface area contributed by atoms with Crippen LogP contribution in [0.4, 0.5) is 0 Å². The summed E-state index contributed by atoms with van der Waals surface area (Å²) in [6, 6.07) is 19.5. The molecule has 0 radical (unpaired) electrons. The Balaban J connectivity index is 1.65. The number of rotatable bonds is 3. The molecule has 1 fully saturated rings. The van der Waals surface area contributed by atoms with Crippen molar-refractivity contribution in [2.45, 2.75) is 18.9 Å². The summed E-state index contributed by atoms with van der Waals surface area (Å²) >= 11 is 0. The number of ether oxygens (including phenoxy) is 1. The highest BCUT2D eigenvalue weighted by Gasteiger charge is 2.24. The number of hydrogen-bond acceptors (Lipinski definition) is 5. The van der Waals surface area contributed by atoms with E-state index in [1.165, 1.54) is 0 Å². The molecule has 1 N–H and O–H groups in total. The van der Waals surface area contributed by atoms with E-state index in [1.807, 2.05) is 36.4 Å². The van der Waals surface area contributed by atoms with Crippen molar-refractivity contribution in [3.8, 4) is 17.2 Å². The molecule has 1 aliphatic heterocycles. The number of nitrogens with one attached hydrogen (secondary N) is 1. The molecule has 6 rings (SSSR count). The Morgan fingerprint density at radius 1 is 1.10 bits per heavy atom. The van der Waals surface area contributed by atoms with Crippen molar-refractivity contribution in [1.82, 2.24) is 29.1 Å². The number of hydrogen-bond donors (Lipinski definition) is 1. The summed E-state index contributed by atoms with van der Waals surface area (Å²) < 4.78 is 9.03. The first-order valence-electron chi connectivity index (χ1n) is 10.2. The zero-order valence-electron chi connectivity index (χ0n) is 16.6. The van der Waals surface area contributed by atoms with Gasteiger partial charge in [0, 0.05) is 24.8 Å². The third-order valence-corrected chi connectivity index (χ3v) is 5.69. The minimum absolute atomic E-state index is 0.0285. The Kier molecular flexibility index (Phi) is 4.08. The second-order valence-corrected chi connectivity index (χ2v) is 7.53. The second kappa shape index (κ2) is 7.07. The van der Waals surface area contributed by atoms with Crippen molar-refractivity contribution in [2.75, 3.05) is 13.2 Å². The molecule has 1 saturated heterocycles. The number of aromatic nitrogens is 6. The standard InChI is InChI=1S/C23H18N6O2/c30-23-26-20-19(15-6-2-1-3-7-15)25-22(28-14-24-17-8-4-5-9-18(17)28)27-21(20)29(23)16-10-12-31-13-11-16/h1-4,6-8,14,16H,10-13H2,(H,26,30). The molecule has 5 aromatic rings. The predicted molar refractivity (Wildman–Crippen MR) is 115 cm³/mol. The molecule has 3 aromatic heterocycles. The van der Waals surface area contributed by atoms with Gasteiger partial charge >= 0.3 is 5.69 Å². The number of aromatic amines is 1. The van der Waals surface area contributed by atoms with E-state index in [1.54, 1.807) is 21.5 Å². The maximum atomic E-state index is 13.0. The van der Waals surface area contributed by atoms with Crippen LogP contribution in [-0.2, 0) is 4.74 Å². The molecule has 0 spiro atoms. The van der Waals surface area contributed by atoms with E-state index in [-0.39, 0.29) is 11.7 Å². The second-order valence-electron chi connectivity index (χ2n) is 7.53. The lowest BCUT2D eigenvalue weighted by molar-refractivity contribution is 0.0697. The minimum atomic E-state index is -0.180. The molecular weight excluding hydrogens is 392 g/mol. The van der Waals surface area contributed by atoms with Crippen molar-refractivity contribution in [3.05, 3.63) is 71.4 Å². The molecule has 31 heavy (non-hydrogen) atoms. The number of fused-ring (bicyclic) bond motifs is 2. The first-order chi connectivity index (χ1) is 15.3. The predicted octanol–water partition coefficient (Wildman–Crippen LogP) is 3.08. The van der Waals surface area contributed by atoms with Gasteiger partial charge < -0.3 is 9.72 Å². The number of H-pyrrole nitrogens is 1. The van der Waals surface area contributed by atoms with Crippen LogP contribution >= 0.6 is 0 Å². The van der Waals surface area contributed by atoms with E-state index in [4.69, 9.17) is 14.7 Å². The summed E-state index contributed by atoms with van der Waals surface area (Å²) in [4.78, 5) is 30.1. The Hall–Kier alpha value is -3.96. The van der Waals surface area contributed by atoms with Gasteiger partial charge in [-0.1, -0.05) is 36.4 Å². The summed E-state index contributed by atoms with van der Waals surface area (Å²) in [5, 5.41) is 0. The van der Waals surface area contributed by atoms with Crippen LogP contribution in [0.5, 0.6) is 0 Å². The average Bonchev–Trinajstić information content (AvgIpc) is 3.40. The van der Waals surface area contributed by atoms with Crippen LogP contribution < -0.4 is 5.69 Å². The maximum absolute atomic E-state index is 13.0. The molecule has 0 atom stereocenters. The smallest absolute Gasteiger partial charge is 0.327 e. The van der Waals surface area contributed by atoms with Crippen molar-refractivity contribution >= 4 is 22.2 Å². The topological polar surface area (TPSA) is 90.6 Å². The first kappa shape index (κ1) is 17.9. The summed E-state index contributed by atoms with van der Waals surface area (Å²) in [7, 11) is 0. The summed E-state index contributed by atoms with van der Waals surface area (Å²) in [6.45, 7) is 1.26. The van der Waals surface area contributed by atoms with Gasteiger partial charge in [0.15, 0.2) is 5.65 Å². The normalized spacial score (nSPS) is 14.8. The third-order valence-electron chi connectivity index (χ3n) is 5.69. The van der Waals surface area contributed by atoms with Gasteiger partial charge in [0.25, 0.3) is 0 Å². The van der Waals surface area contributed by atoms with Gasteiger partial charge in [0.1, 0.15) is 23.1 Å². The fourth-order valence-corrected chi connectivity index (χ4v) is 4.18. The van der Waals surface area contributed by atoms with Crippen molar-refractivity contribution in [2.24, 2.45) is 0 Å². The molecule has 8 nitrogen and oxygen atoms in total. The summed E-state index contributed by atoms with van der Waals surface area (Å²) in [5.41, 5.74) is 4.12. The molecule has 2 aromatic carbocycles. The summed E-state index contributed by atoms with van der Waals surface area (Å²) in [5.74, 6) is 0.435. The molecule has 0 unspecified atom stereocenters. The van der Waals surface area contributed by atoms with E-state index in [9.17, 15) is 4.79 Å². The van der Waals surface area contributed by atoms with Crippen LogP contribution in [0.1, 0.15) is 18.9 Å². The van der Waals surface area contributed by atoms with Crippen molar-refractivity contribution in [1.29, 1.82) is 0 Å². The quantitative estimate of drug-likeness (QED) is 0.494. The van der Waals surface area contributed by atoms with Gasteiger partial charge in [-0.05, 0) is 31.0 Å². The van der Waals surface area contributed by atoms with Crippen LogP contribution in [-0.4, -0.2) is 42.3 Å². The molecule has 152 valence electrons. The molecule has 8 heteroatoms. The Morgan fingerprint density at radius 2 is 1.94 bits per heavy atom. The molecule has 4 heterocycles. The molecule has 0 saturated carbocycles. The van der Waals surface area contributed by atoms with Gasteiger partial charge in [-0.3, -0.25) is 9.13 Å². The third kappa shape index (κ3) is 2.90. The molecular formula is C23H18N6O2. The molecule has 0 amide bonds. The van der Waals surface area contributed by atoms with Gasteiger partial charge in [-0.25, -0.2) is 14.8 Å². The first-order valence-corrected chi connectivity index (χ1v) is 10.2. The minimum Gasteiger partial charge on any atom is -0.381 e. The number of nitrogens with zero attached hydrogens (tertiary/aromatic N) is 5. The lowest BCUT2D eigenvalue weighted by atomic mass is 10.1. The lowest BCUT2D eigenvalue weighted by Crippen LogP contribution is -2.27. The molecule has 1 aliphatic rings. The van der Waals surface area contributed by atoms with Gasteiger partial charge in [0.2, 0.25) is 5.95 Å². The van der Waals surface area contributed by atoms with E-state index in [0.717, 1.165) is 29.4 Å². The molecule has 0 bridgehead atoms. The van der Waals surface area contributed by atoms with Gasteiger partial charge in [-0.15, -0.1) is 0 Å². The highest BCUT2D eigenvalue weighted by atomic mass is 16.5. The number of imidazole rings is 2. The van der Waals surface area contributed by atoms with Crippen LogP contribution in [0.3, 0.4) is 0 Å².